The number of aliphatic hydroxyl groups is 1. The minimum Gasteiger partial charge on any atom is -0.381 e. The van der Waals surface area contributed by atoms with Gasteiger partial charge in [0.25, 0.3) is 5.91 Å². The minimum atomic E-state index is -1.35. The third-order valence-corrected chi connectivity index (χ3v) is 2.21. The van der Waals surface area contributed by atoms with Crippen LogP contribution in [0.5, 0.6) is 0 Å². The van der Waals surface area contributed by atoms with Gasteiger partial charge in [-0.2, -0.15) is 0 Å². The number of hydrogen-bond donors (Lipinski definition) is 3. The molecule has 1 unspecified atom stereocenters. The molecule has 7 heteroatoms. The van der Waals surface area contributed by atoms with E-state index in [2.05, 4.69) is 10.3 Å². The molecule has 0 bridgehead atoms. The lowest BCUT2D eigenvalue weighted by Crippen LogP contribution is -2.39. The lowest BCUT2D eigenvalue weighted by atomic mass is 10.3. The van der Waals surface area contributed by atoms with Crippen LogP contribution in [0.2, 0.25) is 0 Å². The van der Waals surface area contributed by atoms with E-state index in [1.165, 1.54) is 23.0 Å². The van der Waals surface area contributed by atoms with E-state index in [-0.39, 0.29) is 12.5 Å². The Balaban J connectivity index is 2.40. The standard InChI is InChI=1S/C7H9N3O3S/c8-6(12)4(11)1-10-7(13)5-2-9-3-14-5/h2-4,11H,1H2,(H2,8,12)(H,10,13). The molecule has 0 saturated carbocycles. The van der Waals surface area contributed by atoms with Crippen LogP contribution in [0.15, 0.2) is 11.7 Å². The van der Waals surface area contributed by atoms with E-state index in [1.54, 1.807) is 0 Å². The summed E-state index contributed by atoms with van der Waals surface area (Å²) in [6, 6.07) is 0. The number of nitrogens with one attached hydrogen (secondary N) is 1. The van der Waals surface area contributed by atoms with Crippen LogP contribution in [0.4, 0.5) is 0 Å². The van der Waals surface area contributed by atoms with E-state index in [4.69, 9.17) is 10.8 Å². The number of rotatable bonds is 4. The van der Waals surface area contributed by atoms with E-state index < -0.39 is 12.0 Å². The second-order valence-corrected chi connectivity index (χ2v) is 3.38. The highest BCUT2D eigenvalue weighted by molar-refractivity contribution is 7.11. The number of amides is 2. The number of aromatic nitrogens is 1. The first-order valence-electron chi connectivity index (χ1n) is 3.75. The van der Waals surface area contributed by atoms with Crippen LogP contribution < -0.4 is 11.1 Å². The summed E-state index contributed by atoms with van der Waals surface area (Å²) in [6.07, 6.45) is 0.0447. The van der Waals surface area contributed by atoms with Gasteiger partial charge in [-0.1, -0.05) is 0 Å². The average Bonchev–Trinajstić information content (AvgIpc) is 2.66. The van der Waals surface area contributed by atoms with Gasteiger partial charge in [-0.3, -0.25) is 14.6 Å². The molecule has 2 amide bonds. The molecular weight excluding hydrogens is 206 g/mol. The molecule has 1 atom stereocenters. The van der Waals surface area contributed by atoms with Gasteiger partial charge in [-0.25, -0.2) is 0 Å². The van der Waals surface area contributed by atoms with E-state index in [0.29, 0.717) is 4.88 Å². The lowest BCUT2D eigenvalue weighted by Gasteiger charge is -2.06. The van der Waals surface area contributed by atoms with Crippen molar-refractivity contribution in [3.05, 3.63) is 16.6 Å². The molecule has 6 nitrogen and oxygen atoms in total. The predicted octanol–water partition coefficient (Wildman–Crippen LogP) is -1.28. The Bertz CT molecular complexity index is 325. The Morgan fingerprint density at radius 3 is 2.93 bits per heavy atom. The zero-order chi connectivity index (χ0) is 10.6. The van der Waals surface area contributed by atoms with Crippen LogP contribution >= 0.6 is 11.3 Å². The molecule has 0 fully saturated rings. The van der Waals surface area contributed by atoms with Gasteiger partial charge in [-0.05, 0) is 0 Å². The number of carbonyl (C=O) groups excluding carboxylic acids is 2. The first-order valence-corrected chi connectivity index (χ1v) is 4.63. The quantitative estimate of drug-likeness (QED) is 0.581. The lowest BCUT2D eigenvalue weighted by molar-refractivity contribution is -0.125. The highest BCUT2D eigenvalue weighted by atomic mass is 32.1. The van der Waals surface area contributed by atoms with Crippen molar-refractivity contribution in [3.8, 4) is 0 Å². The summed E-state index contributed by atoms with van der Waals surface area (Å²) in [5.74, 6) is -1.25. The number of nitrogens with zero attached hydrogens (tertiary/aromatic N) is 1. The maximum atomic E-state index is 11.2. The number of hydrogen-bond acceptors (Lipinski definition) is 5. The third kappa shape index (κ3) is 2.79. The molecule has 1 rings (SSSR count). The largest absolute Gasteiger partial charge is 0.381 e. The molecule has 0 aromatic carbocycles. The summed E-state index contributed by atoms with van der Waals surface area (Å²) in [5.41, 5.74) is 6.30. The first-order chi connectivity index (χ1) is 6.61. The van der Waals surface area contributed by atoms with Gasteiger partial charge < -0.3 is 16.2 Å². The number of carbonyl (C=O) groups is 2. The summed E-state index contributed by atoms with van der Waals surface area (Å²) in [7, 11) is 0. The van der Waals surface area contributed by atoms with Crippen molar-refractivity contribution in [1.29, 1.82) is 0 Å². The van der Waals surface area contributed by atoms with Crippen molar-refractivity contribution in [3.63, 3.8) is 0 Å². The van der Waals surface area contributed by atoms with Crippen molar-refractivity contribution >= 4 is 23.2 Å². The number of thiazole rings is 1. The topological polar surface area (TPSA) is 105 Å². The predicted molar refractivity (Wildman–Crippen MR) is 49.6 cm³/mol. The molecule has 4 N–H and O–H groups in total. The fourth-order valence-electron chi connectivity index (χ4n) is 0.705. The molecule has 0 aliphatic heterocycles. The molecule has 0 spiro atoms. The van der Waals surface area contributed by atoms with Crippen molar-refractivity contribution in [2.24, 2.45) is 5.73 Å². The Kier molecular flexibility index (Phi) is 3.55. The normalized spacial score (nSPS) is 12.1. The Hall–Kier alpha value is -1.47. The number of nitrogens with two attached hydrogens (primary N) is 1. The second-order valence-electron chi connectivity index (χ2n) is 2.49. The van der Waals surface area contributed by atoms with Crippen LogP contribution in [0.25, 0.3) is 0 Å². The van der Waals surface area contributed by atoms with Crippen molar-refractivity contribution in [1.82, 2.24) is 10.3 Å². The van der Waals surface area contributed by atoms with Crippen LogP contribution in [-0.2, 0) is 4.79 Å². The molecule has 0 saturated heterocycles. The Labute approximate surface area is 83.8 Å². The van der Waals surface area contributed by atoms with Crippen LogP contribution in [0.1, 0.15) is 9.67 Å². The Morgan fingerprint density at radius 2 is 2.43 bits per heavy atom. The summed E-state index contributed by atoms with van der Waals surface area (Å²) in [5, 5.41) is 11.3. The molecular formula is C7H9N3O3S. The smallest absolute Gasteiger partial charge is 0.263 e. The SMILES string of the molecule is NC(=O)C(O)CNC(=O)c1cncs1. The molecule has 0 radical (unpaired) electrons. The zero-order valence-electron chi connectivity index (χ0n) is 7.14. The molecule has 1 heterocycles. The van der Waals surface area contributed by atoms with Gasteiger partial charge in [-0.15, -0.1) is 11.3 Å². The minimum absolute atomic E-state index is 0.188. The molecule has 1 aromatic rings. The fraction of sp³-hybridized carbons (Fsp3) is 0.286. The van der Waals surface area contributed by atoms with Crippen LogP contribution in [-0.4, -0.2) is 34.6 Å². The van der Waals surface area contributed by atoms with Gasteiger partial charge in [0, 0.05) is 0 Å². The van der Waals surface area contributed by atoms with Crippen LogP contribution in [0.3, 0.4) is 0 Å². The Morgan fingerprint density at radius 1 is 1.71 bits per heavy atom. The molecule has 1 aromatic heterocycles. The second kappa shape index (κ2) is 4.68. The molecule has 14 heavy (non-hydrogen) atoms. The molecule has 76 valence electrons. The van der Waals surface area contributed by atoms with Crippen molar-refractivity contribution < 1.29 is 14.7 Å². The number of primary amides is 1. The third-order valence-electron chi connectivity index (χ3n) is 1.44. The first kappa shape index (κ1) is 10.6. The zero-order valence-corrected chi connectivity index (χ0v) is 7.95. The van der Waals surface area contributed by atoms with E-state index in [0.717, 1.165) is 0 Å². The summed E-state index contributed by atoms with van der Waals surface area (Å²) in [4.78, 5) is 25.8. The van der Waals surface area contributed by atoms with E-state index in [1.807, 2.05) is 0 Å². The van der Waals surface area contributed by atoms with E-state index in [9.17, 15) is 9.59 Å². The molecule has 0 aliphatic carbocycles. The highest BCUT2D eigenvalue weighted by Crippen LogP contribution is 2.04. The summed E-state index contributed by atoms with van der Waals surface area (Å²) in [6.45, 7) is -0.188. The van der Waals surface area contributed by atoms with Gasteiger partial charge in [0.15, 0.2) is 0 Å². The number of aliphatic hydroxyl groups excluding tert-OH is 1. The molecule has 0 aliphatic rings. The van der Waals surface area contributed by atoms with Crippen LogP contribution in [0, 0.1) is 0 Å². The van der Waals surface area contributed by atoms with Gasteiger partial charge >= 0.3 is 0 Å². The van der Waals surface area contributed by atoms with Gasteiger partial charge in [0.1, 0.15) is 11.0 Å². The summed E-state index contributed by atoms with van der Waals surface area (Å²) < 4.78 is 0. The summed E-state index contributed by atoms with van der Waals surface area (Å²) >= 11 is 1.17. The van der Waals surface area contributed by atoms with Gasteiger partial charge in [0.2, 0.25) is 5.91 Å². The van der Waals surface area contributed by atoms with E-state index >= 15 is 0 Å². The fourth-order valence-corrected chi connectivity index (χ4v) is 1.24. The monoisotopic (exact) mass is 215 g/mol. The van der Waals surface area contributed by atoms with Gasteiger partial charge in [0.05, 0.1) is 18.3 Å². The van der Waals surface area contributed by atoms with Crippen molar-refractivity contribution in [2.45, 2.75) is 6.10 Å². The average molecular weight is 215 g/mol. The van der Waals surface area contributed by atoms with Crippen molar-refractivity contribution in [2.75, 3.05) is 6.54 Å². The maximum Gasteiger partial charge on any atom is 0.263 e. The highest BCUT2D eigenvalue weighted by Gasteiger charge is 2.13. The maximum absolute atomic E-state index is 11.2.